The van der Waals surface area contributed by atoms with Gasteiger partial charge in [0.1, 0.15) is 24.2 Å². The first-order chi connectivity index (χ1) is 22.6. The Kier molecular flexibility index (Phi) is 10.6. The predicted octanol–water partition coefficient (Wildman–Crippen LogP) is 5.08. The van der Waals surface area contributed by atoms with Crippen molar-refractivity contribution in [3.05, 3.63) is 107 Å². The van der Waals surface area contributed by atoms with Crippen LogP contribution >= 0.6 is 0 Å². The van der Waals surface area contributed by atoms with Crippen molar-refractivity contribution in [1.82, 2.24) is 14.8 Å². The molecule has 0 spiro atoms. The summed E-state index contributed by atoms with van der Waals surface area (Å²) in [4.78, 5) is 41.6. The molecule has 2 heterocycles. The van der Waals surface area contributed by atoms with Crippen LogP contribution in [0, 0.1) is 17.7 Å². The number of nitrogens with zero attached hydrogens (tertiary/aromatic N) is 4. The molecule has 0 unspecified atom stereocenters. The Morgan fingerprint density at radius 3 is 2.21 bits per heavy atom. The van der Waals surface area contributed by atoms with E-state index in [1.165, 1.54) is 30.6 Å². The van der Waals surface area contributed by atoms with Gasteiger partial charge >= 0.3 is 11.9 Å². The number of halogens is 1. The van der Waals surface area contributed by atoms with Crippen LogP contribution in [0.15, 0.2) is 79.4 Å². The third-order valence-corrected chi connectivity index (χ3v) is 8.72. The fourth-order valence-electron chi connectivity index (χ4n) is 6.14. The molecule has 4 aromatic rings. The van der Waals surface area contributed by atoms with Crippen molar-refractivity contribution >= 4 is 23.5 Å². The van der Waals surface area contributed by atoms with E-state index < -0.39 is 41.7 Å². The number of carboxylic acids is 2. The summed E-state index contributed by atoms with van der Waals surface area (Å²) in [6.07, 6.45) is 5.13. The first kappa shape index (κ1) is 33.3. The number of aliphatic hydroxyl groups excluding tert-OH is 1. The molecule has 1 aliphatic heterocycles. The summed E-state index contributed by atoms with van der Waals surface area (Å²) in [7, 11) is 0. The van der Waals surface area contributed by atoms with Crippen LogP contribution < -0.4 is 4.90 Å². The number of phenolic OH excluding ortho intramolecular Hbond substituents is 1. The summed E-state index contributed by atoms with van der Waals surface area (Å²) in [5.41, 5.74) is 3.55. The van der Waals surface area contributed by atoms with Gasteiger partial charge in [-0.1, -0.05) is 36.4 Å². The van der Waals surface area contributed by atoms with Crippen LogP contribution in [0.5, 0.6) is 5.75 Å². The van der Waals surface area contributed by atoms with E-state index in [1.54, 1.807) is 34.1 Å². The van der Waals surface area contributed by atoms with E-state index in [2.05, 4.69) is 10.1 Å². The second-order valence-corrected chi connectivity index (χ2v) is 11.8. The van der Waals surface area contributed by atoms with Gasteiger partial charge in [-0.3, -0.25) is 19.1 Å². The van der Waals surface area contributed by atoms with Crippen molar-refractivity contribution in [3.8, 4) is 5.75 Å². The molecule has 0 aliphatic carbocycles. The van der Waals surface area contributed by atoms with E-state index in [1.807, 2.05) is 24.3 Å². The Balaban J connectivity index is 1.31. The first-order valence-corrected chi connectivity index (χ1v) is 15.6. The van der Waals surface area contributed by atoms with Gasteiger partial charge in [0.25, 0.3) is 0 Å². The molecule has 12 heteroatoms. The number of anilines is 1. The van der Waals surface area contributed by atoms with E-state index in [0.29, 0.717) is 41.6 Å². The Morgan fingerprint density at radius 1 is 0.894 bits per heavy atom. The highest BCUT2D eigenvalue weighted by atomic mass is 19.1. The summed E-state index contributed by atoms with van der Waals surface area (Å²) in [5.74, 6) is -5.39. The summed E-state index contributed by atoms with van der Waals surface area (Å²) < 4.78 is 15.2. The van der Waals surface area contributed by atoms with E-state index in [4.69, 9.17) is 10.2 Å². The van der Waals surface area contributed by atoms with Crippen LogP contribution in [0.2, 0.25) is 0 Å². The number of phenols is 1. The van der Waals surface area contributed by atoms with Gasteiger partial charge in [0.2, 0.25) is 5.91 Å². The highest BCUT2D eigenvalue weighted by Crippen LogP contribution is 2.48. The zero-order valence-electron chi connectivity index (χ0n) is 25.7. The minimum absolute atomic E-state index is 0.0353. The van der Waals surface area contributed by atoms with E-state index in [-0.39, 0.29) is 24.5 Å². The standard InChI is InChI=1S/C35H37FN4O7/c36-25-11-9-24(10-12-25)30(41)17-16-28-32(27-15-8-23(19-31(27)42)3-1-5-29(34(44)45)35(46)47)40(33(28)43)26-13-6-22(7-14-26)4-2-18-39-21-37-20-38-39/h6-15,19-21,28-30,32,41-42H,1-5,16-18H2,(H,44,45)(H,46,47)/t28-,30+,32-/m1/s1. The molecule has 0 saturated carbocycles. The smallest absolute Gasteiger partial charge is 0.317 e. The van der Waals surface area contributed by atoms with Gasteiger partial charge in [0, 0.05) is 17.8 Å². The number of rotatable bonds is 16. The number of carbonyl (C=O) groups is 3. The number of aliphatic hydroxyl groups is 1. The van der Waals surface area contributed by atoms with Crippen LogP contribution in [-0.4, -0.2) is 53.0 Å². The van der Waals surface area contributed by atoms with E-state index in [0.717, 1.165) is 24.9 Å². The molecule has 246 valence electrons. The summed E-state index contributed by atoms with van der Waals surface area (Å²) in [6.45, 7) is 0.731. The van der Waals surface area contributed by atoms with Gasteiger partial charge in [-0.15, -0.1) is 0 Å². The first-order valence-electron chi connectivity index (χ1n) is 15.6. The topological polar surface area (TPSA) is 166 Å². The zero-order valence-corrected chi connectivity index (χ0v) is 25.7. The third-order valence-electron chi connectivity index (χ3n) is 8.72. The van der Waals surface area contributed by atoms with Crippen LogP contribution in [0.25, 0.3) is 0 Å². The maximum Gasteiger partial charge on any atom is 0.317 e. The minimum Gasteiger partial charge on any atom is -0.508 e. The Morgan fingerprint density at radius 2 is 1.57 bits per heavy atom. The highest BCUT2D eigenvalue weighted by molar-refractivity contribution is 6.03. The van der Waals surface area contributed by atoms with Crippen LogP contribution in [0.4, 0.5) is 10.1 Å². The summed E-state index contributed by atoms with van der Waals surface area (Å²) >= 11 is 0. The van der Waals surface area contributed by atoms with Crippen LogP contribution in [0.3, 0.4) is 0 Å². The average Bonchev–Trinajstić information content (AvgIpc) is 3.56. The molecule has 3 aromatic carbocycles. The average molecular weight is 645 g/mol. The van der Waals surface area contributed by atoms with Crippen molar-refractivity contribution < 1.29 is 39.2 Å². The second-order valence-electron chi connectivity index (χ2n) is 11.8. The van der Waals surface area contributed by atoms with Crippen LogP contribution in [0.1, 0.15) is 66.5 Å². The summed E-state index contributed by atoms with van der Waals surface area (Å²) in [5, 5.41) is 44.3. The van der Waals surface area contributed by atoms with Gasteiger partial charge in [-0.25, -0.2) is 9.37 Å². The molecule has 1 fully saturated rings. The van der Waals surface area contributed by atoms with Crippen molar-refractivity contribution in [2.45, 2.75) is 63.6 Å². The lowest BCUT2D eigenvalue weighted by molar-refractivity contribution is -0.154. The molecule has 4 N–H and O–H groups in total. The van der Waals surface area contributed by atoms with Crippen molar-refractivity contribution in [2.75, 3.05) is 4.90 Å². The zero-order chi connectivity index (χ0) is 33.5. The lowest BCUT2D eigenvalue weighted by atomic mass is 9.77. The number of aliphatic carboxylic acids is 2. The van der Waals surface area contributed by atoms with Crippen molar-refractivity contribution in [2.24, 2.45) is 11.8 Å². The highest BCUT2D eigenvalue weighted by Gasteiger charge is 2.49. The molecular formula is C35H37FN4O7. The molecule has 0 radical (unpaired) electrons. The number of hydrogen-bond acceptors (Lipinski definition) is 7. The maximum absolute atomic E-state index is 13.6. The Bertz CT molecular complexity index is 1670. The Hall–Kier alpha value is -5.10. The number of β-lactam (4-membered cyclic amide) rings is 1. The van der Waals surface area contributed by atoms with Gasteiger partial charge in [-0.05, 0) is 92.0 Å². The maximum atomic E-state index is 13.6. The van der Waals surface area contributed by atoms with E-state index >= 15 is 0 Å². The Labute approximate surface area is 270 Å². The van der Waals surface area contributed by atoms with Crippen LogP contribution in [-0.2, 0) is 33.8 Å². The molecule has 11 nitrogen and oxygen atoms in total. The number of aromatic nitrogens is 3. The van der Waals surface area contributed by atoms with Gasteiger partial charge in [-0.2, -0.15) is 5.10 Å². The monoisotopic (exact) mass is 644 g/mol. The fraction of sp³-hybridized carbons (Fsp3) is 0.343. The lowest BCUT2D eigenvalue weighted by Gasteiger charge is -2.48. The molecular weight excluding hydrogens is 607 g/mol. The van der Waals surface area contributed by atoms with Gasteiger partial charge in [0.15, 0.2) is 5.92 Å². The molecule has 1 amide bonds. The van der Waals surface area contributed by atoms with E-state index in [9.17, 15) is 29.0 Å². The number of aromatic hydroxyl groups is 1. The quantitative estimate of drug-likeness (QED) is 0.0961. The molecule has 1 saturated heterocycles. The number of carboxylic acid groups (broad SMARTS) is 2. The third kappa shape index (κ3) is 8.01. The minimum atomic E-state index is -1.50. The lowest BCUT2D eigenvalue weighted by Crippen LogP contribution is -2.55. The summed E-state index contributed by atoms with van der Waals surface area (Å²) in [6, 6.07) is 17.9. The number of carbonyl (C=O) groups excluding carboxylic acids is 1. The molecule has 1 aliphatic rings. The van der Waals surface area contributed by atoms with Gasteiger partial charge in [0.05, 0.1) is 18.1 Å². The molecule has 3 atom stereocenters. The largest absolute Gasteiger partial charge is 0.508 e. The SMILES string of the molecule is O=C(O)C(CCCc1ccc([C@@H]2[C@@H](CC[C@H](O)c3ccc(F)cc3)C(=O)N2c2ccc(CCCn3cncn3)cc2)c(O)c1)C(=O)O. The van der Waals surface area contributed by atoms with Crippen molar-refractivity contribution in [1.29, 1.82) is 0 Å². The fourth-order valence-corrected chi connectivity index (χ4v) is 6.14. The number of aryl methyl sites for hydroxylation is 3. The van der Waals surface area contributed by atoms with Crippen molar-refractivity contribution in [3.63, 3.8) is 0 Å². The normalized spacial score (nSPS) is 16.7. The number of benzene rings is 3. The molecule has 0 bridgehead atoms. The molecule has 1 aromatic heterocycles. The molecule has 5 rings (SSSR count). The predicted molar refractivity (Wildman–Crippen MR) is 169 cm³/mol. The number of hydrogen-bond donors (Lipinski definition) is 4. The second kappa shape index (κ2) is 15.0. The molecule has 47 heavy (non-hydrogen) atoms. The number of amides is 1. The van der Waals surface area contributed by atoms with Gasteiger partial charge < -0.3 is 25.3 Å².